The molecular formula is C20H13FN4O2S2. The van der Waals surface area contributed by atoms with Gasteiger partial charge in [0.2, 0.25) is 0 Å². The van der Waals surface area contributed by atoms with Gasteiger partial charge in [-0.3, -0.25) is 4.79 Å². The summed E-state index contributed by atoms with van der Waals surface area (Å²) in [6.45, 7) is 1.88. The SMILES string of the molecule is Cc1nnc(SCc2c(C(=O)Nc3ccc(F)c(C#N)c3)oc3ccccc23)s1. The second-order valence-electron chi connectivity index (χ2n) is 6.04. The smallest absolute Gasteiger partial charge is 0.291 e. The first-order valence-electron chi connectivity index (χ1n) is 8.49. The fraction of sp³-hybridized carbons (Fsp3) is 0.100. The van der Waals surface area contributed by atoms with Crippen molar-refractivity contribution in [3.05, 3.63) is 70.2 Å². The molecule has 0 bridgehead atoms. The van der Waals surface area contributed by atoms with Crippen molar-refractivity contribution in [1.82, 2.24) is 10.2 Å². The van der Waals surface area contributed by atoms with Crippen molar-refractivity contribution in [2.45, 2.75) is 17.0 Å². The molecule has 0 atom stereocenters. The van der Waals surface area contributed by atoms with Crippen LogP contribution in [0.2, 0.25) is 0 Å². The van der Waals surface area contributed by atoms with Crippen molar-refractivity contribution >= 4 is 45.7 Å². The molecule has 0 aliphatic heterocycles. The zero-order chi connectivity index (χ0) is 20.4. The van der Waals surface area contributed by atoms with E-state index in [4.69, 9.17) is 9.68 Å². The highest BCUT2D eigenvalue weighted by molar-refractivity contribution is 8.00. The zero-order valence-corrected chi connectivity index (χ0v) is 16.7. The fourth-order valence-electron chi connectivity index (χ4n) is 2.77. The van der Waals surface area contributed by atoms with Crippen LogP contribution in [0.3, 0.4) is 0 Å². The number of anilines is 1. The van der Waals surface area contributed by atoms with Gasteiger partial charge in [0.15, 0.2) is 10.1 Å². The Bertz CT molecular complexity index is 1260. The molecule has 0 aliphatic carbocycles. The van der Waals surface area contributed by atoms with Gasteiger partial charge < -0.3 is 9.73 Å². The summed E-state index contributed by atoms with van der Waals surface area (Å²) in [5.74, 6) is -0.469. The van der Waals surface area contributed by atoms with Gasteiger partial charge in [-0.25, -0.2) is 4.39 Å². The number of nitriles is 1. The number of aryl methyl sites for hydroxylation is 1. The molecule has 6 nitrogen and oxygen atoms in total. The number of rotatable bonds is 5. The van der Waals surface area contributed by atoms with Crippen molar-refractivity contribution in [2.24, 2.45) is 0 Å². The molecule has 0 saturated carbocycles. The average molecular weight is 424 g/mol. The molecule has 0 unspecified atom stereocenters. The fourth-order valence-corrected chi connectivity index (χ4v) is 4.62. The average Bonchev–Trinajstić information content (AvgIpc) is 3.31. The van der Waals surface area contributed by atoms with Crippen LogP contribution in [-0.2, 0) is 5.75 Å². The monoisotopic (exact) mass is 424 g/mol. The third kappa shape index (κ3) is 3.99. The standard InChI is InChI=1S/C20H13FN4O2S2/c1-11-24-25-20(29-11)28-10-15-14-4-2-3-5-17(14)27-18(15)19(26)23-13-6-7-16(21)12(8-13)9-22/h2-8H,10H2,1H3,(H,23,26). The van der Waals surface area contributed by atoms with E-state index in [0.29, 0.717) is 17.0 Å². The van der Waals surface area contributed by atoms with Gasteiger partial charge in [-0.1, -0.05) is 41.3 Å². The highest BCUT2D eigenvalue weighted by atomic mass is 32.2. The molecule has 0 spiro atoms. The Morgan fingerprint density at radius 2 is 2.14 bits per heavy atom. The van der Waals surface area contributed by atoms with E-state index in [1.807, 2.05) is 25.1 Å². The van der Waals surface area contributed by atoms with E-state index in [1.54, 1.807) is 12.1 Å². The van der Waals surface area contributed by atoms with Crippen LogP contribution in [0.4, 0.5) is 10.1 Å². The molecule has 2 aromatic heterocycles. The number of furan rings is 1. The first kappa shape index (κ1) is 19.1. The minimum atomic E-state index is -0.640. The first-order chi connectivity index (χ1) is 14.0. The number of hydrogen-bond acceptors (Lipinski definition) is 7. The van der Waals surface area contributed by atoms with Crippen LogP contribution < -0.4 is 5.32 Å². The summed E-state index contributed by atoms with van der Waals surface area (Å²) in [5, 5.41) is 21.5. The van der Waals surface area contributed by atoms with Crippen LogP contribution in [-0.4, -0.2) is 16.1 Å². The predicted molar refractivity (Wildman–Crippen MR) is 109 cm³/mol. The van der Waals surface area contributed by atoms with Gasteiger partial charge in [-0.2, -0.15) is 5.26 Å². The van der Waals surface area contributed by atoms with Crippen LogP contribution in [0, 0.1) is 24.1 Å². The number of carbonyl (C=O) groups is 1. The van der Waals surface area contributed by atoms with Gasteiger partial charge in [0.05, 0.1) is 5.56 Å². The Kier molecular flexibility index (Phi) is 5.29. The lowest BCUT2D eigenvalue weighted by atomic mass is 10.1. The molecule has 0 aliphatic rings. The van der Waals surface area contributed by atoms with Gasteiger partial charge in [-0.15, -0.1) is 10.2 Å². The van der Waals surface area contributed by atoms with E-state index in [9.17, 15) is 9.18 Å². The largest absolute Gasteiger partial charge is 0.451 e. The molecule has 2 heterocycles. The number of halogens is 1. The summed E-state index contributed by atoms with van der Waals surface area (Å²) in [5.41, 5.74) is 1.50. The lowest BCUT2D eigenvalue weighted by Crippen LogP contribution is -2.13. The van der Waals surface area contributed by atoms with Crippen LogP contribution in [0.25, 0.3) is 11.0 Å². The predicted octanol–water partition coefficient (Wildman–Crippen LogP) is 5.15. The Morgan fingerprint density at radius 3 is 2.90 bits per heavy atom. The third-order valence-corrected chi connectivity index (χ3v) is 6.10. The van der Waals surface area contributed by atoms with Crippen molar-refractivity contribution < 1.29 is 13.6 Å². The molecule has 9 heteroatoms. The lowest BCUT2D eigenvalue weighted by Gasteiger charge is -2.06. The maximum atomic E-state index is 13.5. The number of amides is 1. The topological polar surface area (TPSA) is 91.8 Å². The quantitative estimate of drug-likeness (QED) is 0.446. The normalized spacial score (nSPS) is 10.8. The van der Waals surface area contributed by atoms with E-state index in [2.05, 4.69) is 15.5 Å². The van der Waals surface area contributed by atoms with Crippen molar-refractivity contribution in [2.75, 3.05) is 5.32 Å². The summed E-state index contributed by atoms with van der Waals surface area (Å²) in [4.78, 5) is 12.9. The van der Waals surface area contributed by atoms with Gasteiger partial charge in [0, 0.05) is 22.4 Å². The number of carbonyl (C=O) groups excluding carboxylic acids is 1. The molecule has 1 N–H and O–H groups in total. The summed E-state index contributed by atoms with van der Waals surface area (Å²) in [6.07, 6.45) is 0. The summed E-state index contributed by atoms with van der Waals surface area (Å²) >= 11 is 2.95. The van der Waals surface area contributed by atoms with Gasteiger partial charge in [-0.05, 0) is 31.2 Å². The molecule has 144 valence electrons. The highest BCUT2D eigenvalue weighted by Gasteiger charge is 2.21. The van der Waals surface area contributed by atoms with Gasteiger partial charge >= 0.3 is 0 Å². The van der Waals surface area contributed by atoms with Crippen LogP contribution in [0.5, 0.6) is 0 Å². The van der Waals surface area contributed by atoms with E-state index < -0.39 is 11.7 Å². The number of fused-ring (bicyclic) bond motifs is 1. The number of para-hydroxylation sites is 1. The molecule has 2 aromatic carbocycles. The van der Waals surface area contributed by atoms with Crippen molar-refractivity contribution in [1.29, 1.82) is 5.26 Å². The second kappa shape index (κ2) is 8.03. The number of hydrogen-bond donors (Lipinski definition) is 1. The molecule has 29 heavy (non-hydrogen) atoms. The van der Waals surface area contributed by atoms with Crippen LogP contribution in [0.15, 0.2) is 51.2 Å². The number of aromatic nitrogens is 2. The summed E-state index contributed by atoms with van der Waals surface area (Å²) in [7, 11) is 0. The van der Waals surface area contributed by atoms with Gasteiger partial charge in [0.25, 0.3) is 5.91 Å². The van der Waals surface area contributed by atoms with Crippen LogP contribution >= 0.6 is 23.1 Å². The maximum absolute atomic E-state index is 13.5. The molecule has 4 rings (SSSR count). The maximum Gasteiger partial charge on any atom is 0.291 e. The highest BCUT2D eigenvalue weighted by Crippen LogP contribution is 2.33. The van der Waals surface area contributed by atoms with E-state index in [1.165, 1.54) is 35.2 Å². The molecule has 0 fully saturated rings. The molecule has 0 radical (unpaired) electrons. The van der Waals surface area contributed by atoms with Gasteiger partial charge in [0.1, 0.15) is 22.5 Å². The summed E-state index contributed by atoms with van der Waals surface area (Å²) in [6, 6.07) is 13.0. The number of nitrogens with one attached hydrogen (secondary N) is 1. The Labute approximate surface area is 173 Å². The lowest BCUT2D eigenvalue weighted by molar-refractivity contribution is 0.0998. The van der Waals surface area contributed by atoms with E-state index >= 15 is 0 Å². The van der Waals surface area contributed by atoms with E-state index in [0.717, 1.165) is 26.4 Å². The third-order valence-electron chi connectivity index (χ3n) is 4.10. The Morgan fingerprint density at radius 1 is 1.31 bits per heavy atom. The number of thioether (sulfide) groups is 1. The number of benzene rings is 2. The second-order valence-corrected chi connectivity index (χ2v) is 8.45. The van der Waals surface area contributed by atoms with E-state index in [-0.39, 0.29) is 11.3 Å². The van der Waals surface area contributed by atoms with Crippen molar-refractivity contribution in [3.8, 4) is 6.07 Å². The molecule has 4 aromatic rings. The molecular weight excluding hydrogens is 411 g/mol. The number of nitrogens with zero attached hydrogens (tertiary/aromatic N) is 3. The Hall–Kier alpha value is -3.22. The first-order valence-corrected chi connectivity index (χ1v) is 10.3. The minimum absolute atomic E-state index is 0.144. The molecule has 0 saturated heterocycles. The van der Waals surface area contributed by atoms with Crippen LogP contribution in [0.1, 0.15) is 26.7 Å². The summed E-state index contributed by atoms with van der Waals surface area (Å²) < 4.78 is 20.1. The molecule has 1 amide bonds. The minimum Gasteiger partial charge on any atom is -0.451 e. The zero-order valence-electron chi connectivity index (χ0n) is 15.1. The Balaban J connectivity index is 1.65. The van der Waals surface area contributed by atoms with Crippen molar-refractivity contribution in [3.63, 3.8) is 0 Å².